The number of thioether (sulfide) groups is 1. The van der Waals surface area contributed by atoms with Crippen molar-refractivity contribution in [3.05, 3.63) is 46.9 Å². The van der Waals surface area contributed by atoms with E-state index in [0.717, 1.165) is 25.9 Å². The summed E-state index contributed by atoms with van der Waals surface area (Å²) >= 11 is 7.54. The first-order valence-electron chi connectivity index (χ1n) is 11.6. The Morgan fingerprint density at radius 3 is 2.53 bits per heavy atom. The van der Waals surface area contributed by atoms with Crippen LogP contribution in [0.2, 0.25) is 5.15 Å². The largest absolute Gasteiger partial charge is 0.353 e. The number of carbonyl (C=O) groups is 2. The number of piperazine rings is 1. The van der Waals surface area contributed by atoms with Crippen molar-refractivity contribution in [3.8, 4) is 0 Å². The number of nitrogens with zero attached hydrogens (tertiary/aromatic N) is 5. The van der Waals surface area contributed by atoms with E-state index in [4.69, 9.17) is 11.6 Å². The van der Waals surface area contributed by atoms with Crippen LogP contribution in [0.4, 0.5) is 10.2 Å². The molecule has 0 bridgehead atoms. The van der Waals surface area contributed by atoms with Gasteiger partial charge in [-0.1, -0.05) is 49.3 Å². The van der Waals surface area contributed by atoms with E-state index in [1.165, 1.54) is 23.9 Å². The van der Waals surface area contributed by atoms with E-state index >= 15 is 0 Å². The van der Waals surface area contributed by atoms with Gasteiger partial charge in [-0.25, -0.2) is 14.4 Å². The SMILES string of the molecule is CCCN(CCC)C(=O)CSc1nc(Cl)cc(N2CCN(C(=O)c3ccccc3F)C(C)C2)n1. The molecule has 0 spiro atoms. The number of anilines is 1. The summed E-state index contributed by atoms with van der Waals surface area (Å²) in [5.74, 6) is 0.134. The van der Waals surface area contributed by atoms with Crippen LogP contribution in [-0.4, -0.2) is 76.1 Å². The normalized spacial score (nSPS) is 16.0. The molecule has 0 saturated carbocycles. The minimum absolute atomic E-state index is 0.0627. The standard InChI is InChI=1S/C24H31ClFN5O2S/c1-4-10-29(11-5-2)22(32)16-34-24-27-20(25)14-21(28-24)30-12-13-31(17(3)15-30)23(33)18-8-6-7-9-19(18)26/h6-9,14,17H,4-5,10-13,15-16H2,1-3H3. The van der Waals surface area contributed by atoms with Crippen LogP contribution in [0, 0.1) is 5.82 Å². The molecule has 1 saturated heterocycles. The summed E-state index contributed by atoms with van der Waals surface area (Å²) in [4.78, 5) is 39.9. The summed E-state index contributed by atoms with van der Waals surface area (Å²) in [7, 11) is 0. The van der Waals surface area contributed by atoms with Crippen LogP contribution in [0.1, 0.15) is 44.0 Å². The van der Waals surface area contributed by atoms with Gasteiger partial charge in [-0.2, -0.15) is 0 Å². The van der Waals surface area contributed by atoms with Gasteiger partial charge in [0.1, 0.15) is 16.8 Å². The lowest BCUT2D eigenvalue weighted by molar-refractivity contribution is -0.128. The molecular weight excluding hydrogens is 477 g/mol. The minimum atomic E-state index is -0.516. The Labute approximate surface area is 209 Å². The maximum absolute atomic E-state index is 14.1. The van der Waals surface area contributed by atoms with Crippen molar-refractivity contribution in [2.24, 2.45) is 0 Å². The second kappa shape index (κ2) is 12.4. The van der Waals surface area contributed by atoms with Gasteiger partial charge >= 0.3 is 0 Å². The first-order chi connectivity index (χ1) is 16.3. The molecule has 1 aliphatic rings. The van der Waals surface area contributed by atoms with Gasteiger partial charge in [0, 0.05) is 44.8 Å². The maximum atomic E-state index is 14.1. The average molecular weight is 508 g/mol. The monoisotopic (exact) mass is 507 g/mol. The number of carbonyl (C=O) groups excluding carboxylic acids is 2. The smallest absolute Gasteiger partial charge is 0.257 e. The summed E-state index contributed by atoms with van der Waals surface area (Å²) in [6, 6.07) is 7.58. The molecule has 2 heterocycles. The third-order valence-electron chi connectivity index (χ3n) is 5.64. The molecule has 2 amide bonds. The quantitative estimate of drug-likeness (QED) is 0.285. The number of aromatic nitrogens is 2. The molecule has 1 unspecified atom stereocenters. The van der Waals surface area contributed by atoms with Crippen molar-refractivity contribution in [2.45, 2.75) is 44.8 Å². The van der Waals surface area contributed by atoms with E-state index in [9.17, 15) is 14.0 Å². The van der Waals surface area contributed by atoms with E-state index in [2.05, 4.69) is 23.8 Å². The first kappa shape index (κ1) is 26.2. The average Bonchev–Trinajstić information content (AvgIpc) is 2.82. The van der Waals surface area contributed by atoms with E-state index in [-0.39, 0.29) is 29.2 Å². The van der Waals surface area contributed by atoms with Crippen LogP contribution in [0.25, 0.3) is 0 Å². The fourth-order valence-electron chi connectivity index (χ4n) is 3.99. The van der Waals surface area contributed by atoms with Crippen LogP contribution >= 0.6 is 23.4 Å². The molecule has 1 aliphatic heterocycles. The molecule has 1 aromatic heterocycles. The number of halogens is 2. The highest BCUT2D eigenvalue weighted by Crippen LogP contribution is 2.25. The van der Waals surface area contributed by atoms with Crippen molar-refractivity contribution < 1.29 is 14.0 Å². The molecule has 184 valence electrons. The molecule has 34 heavy (non-hydrogen) atoms. The summed E-state index contributed by atoms with van der Waals surface area (Å²) in [6.45, 7) is 9.00. The summed E-state index contributed by atoms with van der Waals surface area (Å²) in [5, 5.41) is 0.748. The second-order valence-corrected chi connectivity index (χ2v) is 9.60. The van der Waals surface area contributed by atoms with Gasteiger partial charge in [0.15, 0.2) is 5.16 Å². The number of rotatable bonds is 9. The topological polar surface area (TPSA) is 69.6 Å². The van der Waals surface area contributed by atoms with Crippen molar-refractivity contribution in [3.63, 3.8) is 0 Å². The lowest BCUT2D eigenvalue weighted by Gasteiger charge is -2.40. The Kier molecular flexibility index (Phi) is 9.53. The fraction of sp³-hybridized carbons (Fsp3) is 0.500. The van der Waals surface area contributed by atoms with Gasteiger partial charge in [0.25, 0.3) is 5.91 Å². The van der Waals surface area contributed by atoms with E-state index < -0.39 is 5.82 Å². The van der Waals surface area contributed by atoms with Crippen LogP contribution < -0.4 is 4.90 Å². The summed E-state index contributed by atoms with van der Waals surface area (Å²) in [5.41, 5.74) is 0.0800. The minimum Gasteiger partial charge on any atom is -0.353 e. The molecule has 1 atom stereocenters. The first-order valence-corrected chi connectivity index (χ1v) is 13.0. The number of amides is 2. The van der Waals surface area contributed by atoms with Gasteiger partial charge in [-0.3, -0.25) is 9.59 Å². The number of benzene rings is 1. The Hall–Kier alpha value is -2.39. The highest BCUT2D eigenvalue weighted by Gasteiger charge is 2.30. The molecule has 1 fully saturated rings. The van der Waals surface area contributed by atoms with E-state index in [0.29, 0.717) is 35.8 Å². The van der Waals surface area contributed by atoms with Crippen molar-refractivity contribution in [2.75, 3.05) is 43.4 Å². The predicted molar refractivity (Wildman–Crippen MR) is 134 cm³/mol. The molecule has 3 rings (SSSR count). The maximum Gasteiger partial charge on any atom is 0.257 e. The zero-order chi connectivity index (χ0) is 24.7. The zero-order valence-electron chi connectivity index (χ0n) is 19.8. The lowest BCUT2D eigenvalue weighted by atomic mass is 10.1. The highest BCUT2D eigenvalue weighted by molar-refractivity contribution is 7.99. The Bertz CT molecular complexity index is 1010. The molecule has 0 N–H and O–H groups in total. The number of hydrogen-bond donors (Lipinski definition) is 0. The third kappa shape index (κ3) is 6.60. The van der Waals surface area contributed by atoms with Crippen LogP contribution in [-0.2, 0) is 4.79 Å². The van der Waals surface area contributed by atoms with Crippen molar-refractivity contribution in [1.29, 1.82) is 0 Å². The van der Waals surface area contributed by atoms with Gasteiger partial charge in [0.05, 0.1) is 11.3 Å². The van der Waals surface area contributed by atoms with Crippen molar-refractivity contribution >= 4 is 41.0 Å². The predicted octanol–water partition coefficient (Wildman–Crippen LogP) is 4.36. The number of hydrogen-bond acceptors (Lipinski definition) is 6. The van der Waals surface area contributed by atoms with E-state index in [1.807, 2.05) is 16.7 Å². The van der Waals surface area contributed by atoms with Crippen molar-refractivity contribution in [1.82, 2.24) is 19.8 Å². The molecule has 0 aliphatic carbocycles. The Balaban J connectivity index is 1.65. The van der Waals surface area contributed by atoms with E-state index in [1.54, 1.807) is 23.1 Å². The zero-order valence-corrected chi connectivity index (χ0v) is 21.4. The highest BCUT2D eigenvalue weighted by atomic mass is 35.5. The molecule has 1 aromatic carbocycles. The van der Waals surface area contributed by atoms with Gasteiger partial charge < -0.3 is 14.7 Å². The lowest BCUT2D eigenvalue weighted by Crippen LogP contribution is -2.54. The molecular formula is C24H31ClFN5O2S. The molecule has 2 aromatic rings. The molecule has 7 nitrogen and oxygen atoms in total. The summed E-state index contributed by atoms with van der Waals surface area (Å²) in [6.07, 6.45) is 1.83. The third-order valence-corrected chi connectivity index (χ3v) is 6.67. The van der Waals surface area contributed by atoms with Crippen LogP contribution in [0.3, 0.4) is 0 Å². The van der Waals surface area contributed by atoms with Gasteiger partial charge in [-0.15, -0.1) is 0 Å². The second-order valence-electron chi connectivity index (χ2n) is 8.27. The molecule has 0 radical (unpaired) electrons. The van der Waals surface area contributed by atoms with Crippen LogP contribution in [0.15, 0.2) is 35.5 Å². The Morgan fingerprint density at radius 2 is 1.88 bits per heavy atom. The molecule has 10 heteroatoms. The van der Waals surface area contributed by atoms with Crippen LogP contribution in [0.5, 0.6) is 0 Å². The van der Waals surface area contributed by atoms with Gasteiger partial charge in [-0.05, 0) is 31.9 Å². The Morgan fingerprint density at radius 1 is 1.18 bits per heavy atom. The fourth-order valence-corrected chi connectivity index (χ4v) is 4.97. The summed E-state index contributed by atoms with van der Waals surface area (Å²) < 4.78 is 14.1. The van der Waals surface area contributed by atoms with Gasteiger partial charge in [0.2, 0.25) is 5.91 Å².